The third kappa shape index (κ3) is 2.47. The topological polar surface area (TPSA) is 30.7 Å². The first-order chi connectivity index (χ1) is 9.24. The van der Waals surface area contributed by atoms with E-state index in [2.05, 4.69) is 52.8 Å². The summed E-state index contributed by atoms with van der Waals surface area (Å²) in [5.74, 6) is 0. The lowest BCUT2D eigenvalue weighted by Gasteiger charge is -2.06. The Hall–Kier alpha value is -1.87. The summed E-state index contributed by atoms with van der Waals surface area (Å²) in [6, 6.07) is 14.7. The van der Waals surface area contributed by atoms with Crippen molar-refractivity contribution in [1.82, 2.24) is 15.0 Å². The lowest BCUT2D eigenvalue weighted by molar-refractivity contribution is 0.652. The second-order valence-electron chi connectivity index (χ2n) is 4.60. The maximum Gasteiger partial charge on any atom is 0.100 e. The van der Waals surface area contributed by atoms with Gasteiger partial charge in [-0.1, -0.05) is 47.7 Å². The number of nitrogens with zero attached hydrogens (tertiary/aromatic N) is 3. The molecule has 3 rings (SSSR count). The maximum atomic E-state index is 6.00. The fourth-order valence-corrected chi connectivity index (χ4v) is 2.28. The molecule has 0 aliphatic heterocycles. The van der Waals surface area contributed by atoms with Crippen molar-refractivity contribution in [2.75, 3.05) is 0 Å². The molecule has 0 aliphatic carbocycles. The van der Waals surface area contributed by atoms with Crippen LogP contribution in [-0.4, -0.2) is 15.0 Å². The minimum Gasteiger partial charge on any atom is -0.248 e. The van der Waals surface area contributed by atoms with E-state index in [4.69, 9.17) is 11.6 Å². The number of fused-ring (bicyclic) bond motifs is 1. The minimum atomic E-state index is -0.110. The number of alkyl halides is 1. The van der Waals surface area contributed by atoms with Crippen molar-refractivity contribution in [3.63, 3.8) is 0 Å². The van der Waals surface area contributed by atoms with E-state index in [-0.39, 0.29) is 5.38 Å². The molecule has 0 spiro atoms. The van der Waals surface area contributed by atoms with Gasteiger partial charge in [-0.2, -0.15) is 0 Å². The molecule has 19 heavy (non-hydrogen) atoms. The van der Waals surface area contributed by atoms with Crippen LogP contribution in [0, 0.1) is 0 Å². The molecule has 96 valence electrons. The molecule has 3 nitrogen and oxygen atoms in total. The van der Waals surface area contributed by atoms with Crippen molar-refractivity contribution >= 4 is 22.4 Å². The van der Waals surface area contributed by atoms with Crippen LogP contribution >= 0.6 is 11.6 Å². The first-order valence-corrected chi connectivity index (χ1v) is 6.68. The van der Waals surface area contributed by atoms with Crippen molar-refractivity contribution in [2.45, 2.75) is 18.8 Å². The zero-order valence-electron chi connectivity index (χ0n) is 10.6. The molecule has 0 amide bonds. The van der Waals surface area contributed by atoms with Crippen LogP contribution in [0.3, 0.4) is 0 Å². The van der Waals surface area contributed by atoms with Gasteiger partial charge >= 0.3 is 0 Å². The van der Waals surface area contributed by atoms with Crippen LogP contribution in [0.1, 0.15) is 23.6 Å². The Balaban J connectivity index is 1.96. The summed E-state index contributed by atoms with van der Waals surface area (Å²) >= 11 is 6.00. The van der Waals surface area contributed by atoms with Gasteiger partial charge in [0.25, 0.3) is 0 Å². The van der Waals surface area contributed by atoms with Gasteiger partial charge in [0.15, 0.2) is 0 Å². The zero-order valence-corrected chi connectivity index (χ0v) is 11.4. The molecule has 4 heteroatoms. The number of hydrogen-bond donors (Lipinski definition) is 0. The molecule has 1 unspecified atom stereocenters. The standard InChI is InChI=1S/C15H14ClN3/c1-11(16)15-10-19(18-17-15)9-13-7-4-6-12-5-2-3-8-14(12)13/h2-8,10-11H,9H2,1H3. The van der Waals surface area contributed by atoms with E-state index >= 15 is 0 Å². The Bertz CT molecular complexity index is 698. The van der Waals surface area contributed by atoms with E-state index in [0.29, 0.717) is 6.54 Å². The van der Waals surface area contributed by atoms with E-state index in [1.165, 1.54) is 16.3 Å². The van der Waals surface area contributed by atoms with Crippen molar-refractivity contribution < 1.29 is 0 Å². The highest BCUT2D eigenvalue weighted by atomic mass is 35.5. The van der Waals surface area contributed by atoms with Gasteiger partial charge in [0.1, 0.15) is 5.69 Å². The Morgan fingerprint density at radius 1 is 1.16 bits per heavy atom. The van der Waals surface area contributed by atoms with Crippen molar-refractivity contribution in [2.24, 2.45) is 0 Å². The molecule has 0 radical (unpaired) electrons. The number of halogens is 1. The predicted molar refractivity (Wildman–Crippen MR) is 77.3 cm³/mol. The first-order valence-electron chi connectivity index (χ1n) is 6.25. The fourth-order valence-electron chi connectivity index (χ4n) is 2.18. The molecule has 1 heterocycles. The van der Waals surface area contributed by atoms with Crippen LogP contribution in [-0.2, 0) is 6.54 Å². The number of aromatic nitrogens is 3. The quantitative estimate of drug-likeness (QED) is 0.679. The van der Waals surface area contributed by atoms with Crippen molar-refractivity contribution in [1.29, 1.82) is 0 Å². The van der Waals surface area contributed by atoms with Gasteiger partial charge in [-0.3, -0.25) is 0 Å². The molecule has 0 saturated carbocycles. The molecular formula is C15H14ClN3. The van der Waals surface area contributed by atoms with Gasteiger partial charge in [0, 0.05) is 0 Å². The molecular weight excluding hydrogens is 258 g/mol. The molecule has 0 bridgehead atoms. The van der Waals surface area contributed by atoms with Gasteiger partial charge in [0.05, 0.1) is 18.1 Å². The van der Waals surface area contributed by atoms with Crippen LogP contribution in [0.4, 0.5) is 0 Å². The van der Waals surface area contributed by atoms with E-state index in [9.17, 15) is 0 Å². The molecule has 2 aromatic carbocycles. The third-order valence-corrected chi connectivity index (χ3v) is 3.40. The largest absolute Gasteiger partial charge is 0.248 e. The highest BCUT2D eigenvalue weighted by molar-refractivity contribution is 6.20. The normalized spacial score (nSPS) is 12.7. The molecule has 3 aromatic rings. The second-order valence-corrected chi connectivity index (χ2v) is 5.25. The van der Waals surface area contributed by atoms with E-state index < -0.39 is 0 Å². The molecule has 0 aliphatic rings. The number of hydrogen-bond acceptors (Lipinski definition) is 2. The van der Waals surface area contributed by atoms with Crippen molar-refractivity contribution in [3.8, 4) is 0 Å². The van der Waals surface area contributed by atoms with Gasteiger partial charge in [-0.25, -0.2) is 4.68 Å². The average molecular weight is 272 g/mol. The summed E-state index contributed by atoms with van der Waals surface area (Å²) in [5.41, 5.74) is 2.04. The van der Waals surface area contributed by atoms with Crippen LogP contribution in [0.25, 0.3) is 10.8 Å². The molecule has 1 atom stereocenters. The smallest absolute Gasteiger partial charge is 0.100 e. The lowest BCUT2D eigenvalue weighted by atomic mass is 10.0. The first kappa shape index (κ1) is 12.2. The molecule has 0 fully saturated rings. The van der Waals surface area contributed by atoms with E-state index in [0.717, 1.165) is 5.69 Å². The summed E-state index contributed by atoms with van der Waals surface area (Å²) in [5, 5.41) is 10.6. The predicted octanol–water partition coefficient (Wildman–Crippen LogP) is 3.78. The maximum absolute atomic E-state index is 6.00. The average Bonchev–Trinajstić information content (AvgIpc) is 2.88. The molecule has 0 N–H and O–H groups in total. The molecule has 0 saturated heterocycles. The van der Waals surface area contributed by atoms with Gasteiger partial charge in [-0.15, -0.1) is 16.7 Å². The summed E-state index contributed by atoms with van der Waals surface area (Å²) in [4.78, 5) is 0. The van der Waals surface area contributed by atoms with Crippen LogP contribution in [0.2, 0.25) is 0 Å². The number of rotatable bonds is 3. The monoisotopic (exact) mass is 271 g/mol. The van der Waals surface area contributed by atoms with Crippen LogP contribution in [0.15, 0.2) is 48.7 Å². The SMILES string of the molecule is CC(Cl)c1cn(Cc2cccc3ccccc23)nn1. The summed E-state index contributed by atoms with van der Waals surface area (Å²) in [6.07, 6.45) is 1.90. The van der Waals surface area contributed by atoms with Crippen LogP contribution in [0.5, 0.6) is 0 Å². The van der Waals surface area contributed by atoms with Gasteiger partial charge < -0.3 is 0 Å². The van der Waals surface area contributed by atoms with Gasteiger partial charge in [0.2, 0.25) is 0 Å². The molecule has 1 aromatic heterocycles. The Kier molecular flexibility index (Phi) is 3.22. The van der Waals surface area contributed by atoms with E-state index in [1.807, 2.05) is 17.8 Å². The number of benzene rings is 2. The minimum absolute atomic E-state index is 0.110. The highest BCUT2D eigenvalue weighted by Gasteiger charge is 2.08. The van der Waals surface area contributed by atoms with Crippen molar-refractivity contribution in [3.05, 3.63) is 59.9 Å². The second kappa shape index (κ2) is 5.02. The summed E-state index contributed by atoms with van der Waals surface area (Å²) in [7, 11) is 0. The Morgan fingerprint density at radius 3 is 2.74 bits per heavy atom. The summed E-state index contributed by atoms with van der Waals surface area (Å²) in [6.45, 7) is 2.60. The van der Waals surface area contributed by atoms with E-state index in [1.54, 1.807) is 0 Å². The van der Waals surface area contributed by atoms with Gasteiger partial charge in [-0.05, 0) is 23.3 Å². The summed E-state index contributed by atoms with van der Waals surface area (Å²) < 4.78 is 1.83. The Morgan fingerprint density at radius 2 is 1.95 bits per heavy atom. The fraction of sp³-hybridized carbons (Fsp3) is 0.200. The zero-order chi connectivity index (χ0) is 13.2. The highest BCUT2D eigenvalue weighted by Crippen LogP contribution is 2.20. The third-order valence-electron chi connectivity index (χ3n) is 3.18. The lowest BCUT2D eigenvalue weighted by Crippen LogP contribution is -2.01. The van der Waals surface area contributed by atoms with Crippen LogP contribution < -0.4 is 0 Å². The Labute approximate surface area is 116 Å².